The second-order valence-electron chi connectivity index (χ2n) is 4.78. The Morgan fingerprint density at radius 3 is 2.89 bits per heavy atom. The van der Waals surface area contributed by atoms with Crippen molar-refractivity contribution >= 4 is 31.9 Å². The van der Waals surface area contributed by atoms with Gasteiger partial charge in [-0.25, -0.2) is 0 Å². The lowest BCUT2D eigenvalue weighted by Crippen LogP contribution is -1.97. The van der Waals surface area contributed by atoms with Crippen LogP contribution in [-0.4, -0.2) is 6.61 Å². The number of alkyl halides is 1. The monoisotopic (exact) mass is 380 g/mol. The number of halogens is 2. The fraction of sp³-hybridized carbons (Fsp3) is 0.250. The molecule has 0 bridgehead atoms. The second kappa shape index (κ2) is 5.29. The zero-order valence-corrected chi connectivity index (χ0v) is 13.8. The van der Waals surface area contributed by atoms with Crippen LogP contribution in [0.5, 0.6) is 5.75 Å². The third-order valence-electron chi connectivity index (χ3n) is 3.59. The molecular formula is C16H14Br2O. The first-order valence-corrected chi connectivity index (χ1v) is 8.02. The number of benzene rings is 2. The largest absolute Gasteiger partial charge is 0.493 e. The highest BCUT2D eigenvalue weighted by Crippen LogP contribution is 2.37. The molecule has 1 aliphatic rings. The van der Waals surface area contributed by atoms with E-state index in [1.54, 1.807) is 0 Å². The molecule has 3 rings (SSSR count). The van der Waals surface area contributed by atoms with E-state index >= 15 is 0 Å². The highest BCUT2D eigenvalue weighted by Gasteiger charge is 2.18. The molecule has 0 amide bonds. The Balaban J connectivity index is 2.00. The number of hydrogen-bond donors (Lipinski definition) is 0. The molecule has 1 nitrogen and oxygen atoms in total. The van der Waals surface area contributed by atoms with Gasteiger partial charge < -0.3 is 4.74 Å². The molecule has 1 aliphatic heterocycles. The van der Waals surface area contributed by atoms with E-state index in [0.717, 1.165) is 23.2 Å². The summed E-state index contributed by atoms with van der Waals surface area (Å²) in [7, 11) is 0. The summed E-state index contributed by atoms with van der Waals surface area (Å²) in [5.41, 5.74) is 5.18. The molecule has 0 N–H and O–H groups in total. The Hall–Kier alpha value is -0.800. The van der Waals surface area contributed by atoms with Crippen molar-refractivity contribution in [3.63, 3.8) is 0 Å². The smallest absolute Gasteiger partial charge is 0.122 e. The molecule has 19 heavy (non-hydrogen) atoms. The van der Waals surface area contributed by atoms with E-state index in [1.165, 1.54) is 22.3 Å². The lowest BCUT2D eigenvalue weighted by Gasteiger charge is -2.15. The van der Waals surface area contributed by atoms with Gasteiger partial charge in [0.1, 0.15) is 5.75 Å². The lowest BCUT2D eigenvalue weighted by atomic mass is 9.98. The Morgan fingerprint density at radius 1 is 1.21 bits per heavy atom. The van der Waals surface area contributed by atoms with Crippen LogP contribution in [0.4, 0.5) is 0 Å². The molecule has 0 saturated heterocycles. The summed E-state index contributed by atoms with van der Waals surface area (Å²) >= 11 is 7.42. The van der Waals surface area contributed by atoms with Gasteiger partial charge in [0.2, 0.25) is 0 Å². The maximum absolute atomic E-state index is 5.56. The van der Waals surface area contributed by atoms with Gasteiger partial charge in [-0.15, -0.1) is 0 Å². The number of hydrogen-bond acceptors (Lipinski definition) is 1. The summed E-state index contributed by atoms with van der Waals surface area (Å²) < 4.78 is 6.71. The molecule has 0 fully saturated rings. The van der Waals surface area contributed by atoms with Crippen LogP contribution in [0.15, 0.2) is 40.9 Å². The standard InChI is InChI=1S/C16H14Br2O/c1-10-13(3-2-4-14(10)17)16(18)12-5-6-15-11(9-12)7-8-19-15/h2-6,9,16H,7-8H2,1H3. The van der Waals surface area contributed by atoms with Crippen LogP contribution in [0.25, 0.3) is 0 Å². The van der Waals surface area contributed by atoms with Crippen molar-refractivity contribution in [2.24, 2.45) is 0 Å². The van der Waals surface area contributed by atoms with Gasteiger partial charge in [0.15, 0.2) is 0 Å². The highest BCUT2D eigenvalue weighted by molar-refractivity contribution is 9.10. The number of ether oxygens (including phenoxy) is 1. The molecule has 98 valence electrons. The molecule has 0 aromatic heterocycles. The van der Waals surface area contributed by atoms with Gasteiger partial charge in [-0.05, 0) is 41.3 Å². The summed E-state index contributed by atoms with van der Waals surface area (Å²) in [5.74, 6) is 1.04. The number of rotatable bonds is 2. The van der Waals surface area contributed by atoms with E-state index in [4.69, 9.17) is 4.74 Å². The zero-order chi connectivity index (χ0) is 13.4. The van der Waals surface area contributed by atoms with Crippen molar-refractivity contribution in [2.75, 3.05) is 6.61 Å². The molecule has 0 saturated carbocycles. The molecule has 1 heterocycles. The molecular weight excluding hydrogens is 368 g/mol. The predicted octanol–water partition coefficient (Wildman–Crippen LogP) is 5.18. The molecule has 0 aliphatic carbocycles. The van der Waals surface area contributed by atoms with Crippen LogP contribution in [0.2, 0.25) is 0 Å². The Labute approximate surface area is 130 Å². The van der Waals surface area contributed by atoms with Crippen molar-refractivity contribution in [2.45, 2.75) is 18.2 Å². The molecule has 1 unspecified atom stereocenters. The average molecular weight is 382 g/mol. The van der Waals surface area contributed by atoms with Gasteiger partial charge in [-0.2, -0.15) is 0 Å². The fourth-order valence-corrected chi connectivity index (χ4v) is 3.60. The molecule has 3 heteroatoms. The molecule has 2 aromatic rings. The molecule has 0 radical (unpaired) electrons. The van der Waals surface area contributed by atoms with Crippen LogP contribution in [-0.2, 0) is 6.42 Å². The molecule has 1 atom stereocenters. The average Bonchev–Trinajstić information content (AvgIpc) is 2.88. The summed E-state index contributed by atoms with van der Waals surface area (Å²) in [6.45, 7) is 2.95. The van der Waals surface area contributed by atoms with Crippen LogP contribution in [0.3, 0.4) is 0 Å². The van der Waals surface area contributed by atoms with Gasteiger partial charge in [-0.1, -0.05) is 56.1 Å². The normalized spacial score (nSPS) is 14.9. The van der Waals surface area contributed by atoms with Crippen LogP contribution >= 0.6 is 31.9 Å². The maximum atomic E-state index is 5.56. The van der Waals surface area contributed by atoms with Gasteiger partial charge in [-0.3, -0.25) is 0 Å². The van der Waals surface area contributed by atoms with Crippen molar-refractivity contribution in [3.05, 3.63) is 63.1 Å². The van der Waals surface area contributed by atoms with E-state index in [-0.39, 0.29) is 4.83 Å². The highest BCUT2D eigenvalue weighted by atomic mass is 79.9. The van der Waals surface area contributed by atoms with Crippen molar-refractivity contribution in [1.82, 2.24) is 0 Å². The summed E-state index contributed by atoms with van der Waals surface area (Å²) in [5, 5.41) is 0. The maximum Gasteiger partial charge on any atom is 0.122 e. The van der Waals surface area contributed by atoms with Crippen LogP contribution in [0, 0.1) is 6.92 Å². The number of fused-ring (bicyclic) bond motifs is 1. The van der Waals surface area contributed by atoms with E-state index in [9.17, 15) is 0 Å². The van der Waals surface area contributed by atoms with Crippen molar-refractivity contribution in [3.8, 4) is 5.75 Å². The van der Waals surface area contributed by atoms with Gasteiger partial charge >= 0.3 is 0 Å². The third kappa shape index (κ3) is 2.46. The van der Waals surface area contributed by atoms with E-state index in [2.05, 4.69) is 75.2 Å². The van der Waals surface area contributed by atoms with Gasteiger partial charge in [0, 0.05) is 10.9 Å². The minimum atomic E-state index is 0.218. The van der Waals surface area contributed by atoms with Crippen LogP contribution in [0.1, 0.15) is 27.1 Å². The van der Waals surface area contributed by atoms with Crippen molar-refractivity contribution < 1.29 is 4.74 Å². The van der Waals surface area contributed by atoms with E-state index in [0.29, 0.717) is 0 Å². The molecule has 2 aromatic carbocycles. The summed E-state index contributed by atoms with van der Waals surface area (Å²) in [4.78, 5) is 0.218. The Bertz CT molecular complexity index is 622. The van der Waals surface area contributed by atoms with E-state index < -0.39 is 0 Å². The topological polar surface area (TPSA) is 9.23 Å². The first kappa shape index (κ1) is 13.2. The van der Waals surface area contributed by atoms with Crippen molar-refractivity contribution in [1.29, 1.82) is 0 Å². The molecule has 0 spiro atoms. The third-order valence-corrected chi connectivity index (χ3v) is 5.47. The minimum absolute atomic E-state index is 0.218. The lowest BCUT2D eigenvalue weighted by molar-refractivity contribution is 0.357. The summed E-state index contributed by atoms with van der Waals surface area (Å²) in [6, 6.07) is 12.8. The van der Waals surface area contributed by atoms with Gasteiger partial charge in [0.25, 0.3) is 0 Å². The predicted molar refractivity (Wildman–Crippen MR) is 85.3 cm³/mol. The SMILES string of the molecule is Cc1c(Br)cccc1C(Br)c1ccc2c(c1)CCO2. The van der Waals surface area contributed by atoms with E-state index in [1.807, 2.05) is 0 Å². The first-order valence-electron chi connectivity index (χ1n) is 6.31. The second-order valence-corrected chi connectivity index (χ2v) is 6.55. The zero-order valence-electron chi connectivity index (χ0n) is 10.6. The fourth-order valence-electron chi connectivity index (χ4n) is 2.44. The first-order chi connectivity index (χ1) is 9.16. The summed E-state index contributed by atoms with van der Waals surface area (Å²) in [6.07, 6.45) is 1.01. The Kier molecular flexibility index (Phi) is 3.68. The minimum Gasteiger partial charge on any atom is -0.493 e. The van der Waals surface area contributed by atoms with Gasteiger partial charge in [0.05, 0.1) is 11.4 Å². The Morgan fingerprint density at radius 2 is 2.05 bits per heavy atom. The van der Waals surface area contributed by atoms with Crippen LogP contribution < -0.4 is 4.74 Å². The quantitative estimate of drug-likeness (QED) is 0.651.